The van der Waals surface area contributed by atoms with E-state index < -0.39 is 4.92 Å². The maximum absolute atomic E-state index is 12.0. The Hall–Kier alpha value is -3.22. The van der Waals surface area contributed by atoms with Crippen molar-refractivity contribution in [2.75, 3.05) is 0 Å². The van der Waals surface area contributed by atoms with Gasteiger partial charge in [0.2, 0.25) is 5.91 Å². The first-order valence-corrected chi connectivity index (χ1v) is 7.45. The van der Waals surface area contributed by atoms with Crippen molar-refractivity contribution in [2.24, 2.45) is 0 Å². The summed E-state index contributed by atoms with van der Waals surface area (Å²) < 4.78 is 1.92. The van der Waals surface area contributed by atoms with Crippen molar-refractivity contribution in [1.29, 1.82) is 0 Å². The number of hydrogen-bond acceptors (Lipinski definition) is 4. The number of carbonyl (C=O) groups excluding carboxylic acids is 1. The molecule has 0 saturated carbocycles. The number of nitro benzene ring substituents is 1. The summed E-state index contributed by atoms with van der Waals surface area (Å²) in [5.41, 5.74) is 3.48. The smallest absolute Gasteiger partial charge is 0.269 e. The fourth-order valence-corrected chi connectivity index (χ4v) is 2.41. The molecule has 0 aliphatic carbocycles. The van der Waals surface area contributed by atoms with Crippen LogP contribution in [-0.2, 0) is 17.8 Å². The average Bonchev–Trinajstić information content (AvgIpc) is 2.95. The summed E-state index contributed by atoms with van der Waals surface area (Å²) in [4.78, 5) is 26.6. The van der Waals surface area contributed by atoms with E-state index >= 15 is 0 Å². The maximum Gasteiger partial charge on any atom is 0.269 e. The Labute approximate surface area is 138 Å². The number of imidazole rings is 1. The van der Waals surface area contributed by atoms with Gasteiger partial charge in [0.05, 0.1) is 23.6 Å². The summed E-state index contributed by atoms with van der Waals surface area (Å²) >= 11 is 0. The first-order valence-electron chi connectivity index (χ1n) is 7.45. The Kier molecular flexibility index (Phi) is 4.24. The summed E-state index contributed by atoms with van der Waals surface area (Å²) in [7, 11) is 0. The molecule has 0 fully saturated rings. The lowest BCUT2D eigenvalue weighted by Crippen LogP contribution is -2.24. The zero-order valence-corrected chi connectivity index (χ0v) is 13.1. The number of aryl methyl sites for hydroxylation is 1. The topological polar surface area (TPSA) is 89.5 Å². The second-order valence-electron chi connectivity index (χ2n) is 5.58. The van der Waals surface area contributed by atoms with Gasteiger partial charge in [-0.05, 0) is 24.1 Å². The first-order chi connectivity index (χ1) is 11.5. The predicted octanol–water partition coefficient (Wildman–Crippen LogP) is 2.41. The van der Waals surface area contributed by atoms with Crippen LogP contribution < -0.4 is 5.32 Å². The van der Waals surface area contributed by atoms with E-state index in [4.69, 9.17) is 0 Å². The number of aromatic nitrogens is 2. The lowest BCUT2D eigenvalue weighted by Gasteiger charge is -2.03. The van der Waals surface area contributed by atoms with Crippen molar-refractivity contribution in [3.8, 4) is 0 Å². The number of fused-ring (bicyclic) bond motifs is 1. The summed E-state index contributed by atoms with van der Waals surface area (Å²) in [6, 6.07) is 9.88. The van der Waals surface area contributed by atoms with Crippen LogP contribution in [-0.4, -0.2) is 20.2 Å². The molecule has 2 heterocycles. The molecule has 24 heavy (non-hydrogen) atoms. The van der Waals surface area contributed by atoms with Crippen LogP contribution in [0.3, 0.4) is 0 Å². The molecule has 0 aliphatic heterocycles. The molecule has 0 atom stereocenters. The Morgan fingerprint density at radius 1 is 1.21 bits per heavy atom. The normalized spacial score (nSPS) is 10.7. The average molecular weight is 324 g/mol. The van der Waals surface area contributed by atoms with Crippen molar-refractivity contribution >= 4 is 17.2 Å². The minimum Gasteiger partial charge on any atom is -0.350 e. The zero-order chi connectivity index (χ0) is 17.1. The molecule has 3 rings (SSSR count). The van der Waals surface area contributed by atoms with Crippen molar-refractivity contribution in [2.45, 2.75) is 19.9 Å². The highest BCUT2D eigenvalue weighted by Crippen LogP contribution is 2.12. The van der Waals surface area contributed by atoms with Crippen LogP contribution in [0.1, 0.15) is 16.8 Å². The Balaban J connectivity index is 1.59. The van der Waals surface area contributed by atoms with E-state index in [1.807, 2.05) is 35.9 Å². The standard InChI is InChI=1S/C17H16N4O3/c1-12-2-7-16-19-14(11-20(16)10-12)9-18-17(22)8-13-3-5-15(6-4-13)21(23)24/h2-7,10-11H,8-9H2,1H3,(H,18,22). The van der Waals surface area contributed by atoms with Crippen LogP contribution in [0.25, 0.3) is 5.65 Å². The third-order valence-electron chi connectivity index (χ3n) is 3.63. The second-order valence-corrected chi connectivity index (χ2v) is 5.58. The van der Waals surface area contributed by atoms with E-state index in [0.717, 1.165) is 22.5 Å². The maximum atomic E-state index is 12.0. The number of hydrogen-bond donors (Lipinski definition) is 1. The van der Waals surface area contributed by atoms with E-state index in [2.05, 4.69) is 10.3 Å². The molecule has 122 valence electrons. The highest BCUT2D eigenvalue weighted by molar-refractivity contribution is 5.78. The van der Waals surface area contributed by atoms with Gasteiger partial charge in [-0.3, -0.25) is 14.9 Å². The van der Waals surface area contributed by atoms with Crippen LogP contribution in [0, 0.1) is 17.0 Å². The van der Waals surface area contributed by atoms with Gasteiger partial charge >= 0.3 is 0 Å². The van der Waals surface area contributed by atoms with Crippen LogP contribution in [0.2, 0.25) is 0 Å². The van der Waals surface area contributed by atoms with Crippen molar-refractivity contribution in [3.63, 3.8) is 0 Å². The quantitative estimate of drug-likeness (QED) is 0.576. The van der Waals surface area contributed by atoms with Gasteiger partial charge in [0.15, 0.2) is 0 Å². The molecule has 2 aromatic heterocycles. The number of nitrogens with one attached hydrogen (secondary N) is 1. The van der Waals surface area contributed by atoms with E-state index in [-0.39, 0.29) is 18.0 Å². The minimum atomic E-state index is -0.463. The molecule has 0 saturated heterocycles. The van der Waals surface area contributed by atoms with Gasteiger partial charge in [0, 0.05) is 24.5 Å². The lowest BCUT2D eigenvalue weighted by atomic mass is 10.1. The summed E-state index contributed by atoms with van der Waals surface area (Å²) in [6.45, 7) is 2.34. The number of amides is 1. The van der Waals surface area contributed by atoms with E-state index in [1.54, 1.807) is 12.1 Å². The summed E-state index contributed by atoms with van der Waals surface area (Å²) in [5.74, 6) is -0.155. The summed E-state index contributed by atoms with van der Waals surface area (Å²) in [6.07, 6.45) is 4.03. The largest absolute Gasteiger partial charge is 0.350 e. The van der Waals surface area contributed by atoms with Crippen molar-refractivity contribution in [3.05, 3.63) is 75.7 Å². The van der Waals surface area contributed by atoms with Gasteiger partial charge < -0.3 is 9.72 Å². The Morgan fingerprint density at radius 2 is 1.96 bits per heavy atom. The van der Waals surface area contributed by atoms with Crippen molar-refractivity contribution in [1.82, 2.24) is 14.7 Å². The molecule has 0 unspecified atom stereocenters. The third kappa shape index (κ3) is 3.57. The fraction of sp³-hybridized carbons (Fsp3) is 0.176. The molecule has 1 amide bonds. The number of nitro groups is 1. The SMILES string of the molecule is Cc1ccc2nc(CNC(=O)Cc3ccc([N+](=O)[O-])cc3)cn2c1. The van der Waals surface area contributed by atoms with Gasteiger partial charge in [-0.15, -0.1) is 0 Å². The number of rotatable bonds is 5. The summed E-state index contributed by atoms with van der Waals surface area (Å²) in [5, 5.41) is 13.4. The first kappa shape index (κ1) is 15.7. The minimum absolute atomic E-state index is 0.0131. The van der Waals surface area contributed by atoms with Gasteiger partial charge in [-0.25, -0.2) is 4.98 Å². The number of carbonyl (C=O) groups is 1. The molecule has 7 nitrogen and oxygen atoms in total. The third-order valence-corrected chi connectivity index (χ3v) is 3.63. The highest BCUT2D eigenvalue weighted by atomic mass is 16.6. The molecule has 1 aromatic carbocycles. The molecule has 0 spiro atoms. The molecular formula is C17H16N4O3. The van der Waals surface area contributed by atoms with Gasteiger partial charge in [0.25, 0.3) is 5.69 Å². The number of non-ortho nitro benzene ring substituents is 1. The molecule has 0 radical (unpaired) electrons. The predicted molar refractivity (Wildman–Crippen MR) is 88.6 cm³/mol. The van der Waals surface area contributed by atoms with E-state index in [9.17, 15) is 14.9 Å². The molecular weight excluding hydrogens is 308 g/mol. The van der Waals surface area contributed by atoms with Crippen molar-refractivity contribution < 1.29 is 9.72 Å². The van der Waals surface area contributed by atoms with Gasteiger partial charge in [0.1, 0.15) is 5.65 Å². The van der Waals surface area contributed by atoms with Crippen LogP contribution in [0.15, 0.2) is 48.8 Å². The molecule has 1 N–H and O–H groups in total. The van der Waals surface area contributed by atoms with Gasteiger partial charge in [-0.2, -0.15) is 0 Å². The zero-order valence-electron chi connectivity index (χ0n) is 13.1. The molecule has 0 bridgehead atoms. The van der Waals surface area contributed by atoms with Crippen LogP contribution in [0.5, 0.6) is 0 Å². The highest BCUT2D eigenvalue weighted by Gasteiger charge is 2.08. The lowest BCUT2D eigenvalue weighted by molar-refractivity contribution is -0.384. The van der Waals surface area contributed by atoms with Crippen LogP contribution >= 0.6 is 0 Å². The number of pyridine rings is 1. The van der Waals surface area contributed by atoms with Gasteiger partial charge in [-0.1, -0.05) is 18.2 Å². The Morgan fingerprint density at radius 3 is 2.67 bits per heavy atom. The Bertz CT molecular complexity index is 900. The molecule has 7 heteroatoms. The molecule has 3 aromatic rings. The van der Waals surface area contributed by atoms with Crippen LogP contribution in [0.4, 0.5) is 5.69 Å². The van der Waals surface area contributed by atoms with E-state index in [1.165, 1.54) is 12.1 Å². The molecule has 0 aliphatic rings. The number of benzene rings is 1. The fourth-order valence-electron chi connectivity index (χ4n) is 2.41. The second kappa shape index (κ2) is 6.49. The monoisotopic (exact) mass is 324 g/mol. The van der Waals surface area contributed by atoms with E-state index in [0.29, 0.717) is 6.54 Å². The number of nitrogens with zero attached hydrogens (tertiary/aromatic N) is 3.